The van der Waals surface area contributed by atoms with Crippen molar-refractivity contribution in [2.45, 2.75) is 33.7 Å². The van der Waals surface area contributed by atoms with Crippen LogP contribution >= 0.6 is 15.9 Å². The molecule has 0 aliphatic rings. The number of aryl methyl sites for hydroxylation is 1. The summed E-state index contributed by atoms with van der Waals surface area (Å²) in [7, 11) is 0. The molecule has 0 aromatic heterocycles. The van der Waals surface area contributed by atoms with Crippen molar-refractivity contribution in [2.24, 2.45) is 5.41 Å². The number of hydrogen-bond acceptors (Lipinski definition) is 2. The highest BCUT2D eigenvalue weighted by Crippen LogP contribution is 2.21. The number of carboxylic acids is 1. The number of rotatable bonds is 3. The molecule has 0 saturated carbocycles. The van der Waals surface area contributed by atoms with Crippen LogP contribution in [0.1, 0.15) is 26.3 Å². The highest BCUT2D eigenvalue weighted by atomic mass is 79.9. The van der Waals surface area contributed by atoms with Crippen LogP contribution in [0.4, 0.5) is 10.5 Å². The lowest BCUT2D eigenvalue weighted by atomic mass is 9.87. The van der Waals surface area contributed by atoms with E-state index in [0.717, 1.165) is 10.0 Å². The number of nitrogens with one attached hydrogen (secondary N) is 2. The predicted molar refractivity (Wildman–Crippen MR) is 81.9 cm³/mol. The predicted octanol–water partition coefficient (Wildman–Crippen LogP) is 3.38. The van der Waals surface area contributed by atoms with Gasteiger partial charge in [0.2, 0.25) is 0 Å². The molecule has 5 nitrogen and oxygen atoms in total. The molecule has 0 heterocycles. The molecule has 0 aliphatic carbocycles. The lowest BCUT2D eigenvalue weighted by Crippen LogP contribution is -2.50. The Morgan fingerprint density at radius 2 is 1.90 bits per heavy atom. The summed E-state index contributed by atoms with van der Waals surface area (Å²) in [5.74, 6) is -1.06. The van der Waals surface area contributed by atoms with Crippen LogP contribution in [-0.2, 0) is 4.79 Å². The molecule has 3 N–H and O–H groups in total. The summed E-state index contributed by atoms with van der Waals surface area (Å²) in [4.78, 5) is 23.1. The smallest absolute Gasteiger partial charge is 0.326 e. The molecule has 0 bridgehead atoms. The number of carbonyl (C=O) groups is 2. The molecule has 1 rings (SSSR count). The summed E-state index contributed by atoms with van der Waals surface area (Å²) < 4.78 is 0.946. The molecule has 1 aromatic rings. The van der Waals surface area contributed by atoms with Crippen molar-refractivity contribution in [3.63, 3.8) is 0 Å². The van der Waals surface area contributed by atoms with Crippen LogP contribution < -0.4 is 10.6 Å². The second kappa shape index (κ2) is 6.26. The van der Waals surface area contributed by atoms with Crippen molar-refractivity contribution in [2.75, 3.05) is 5.32 Å². The molecule has 0 aliphatic heterocycles. The van der Waals surface area contributed by atoms with Crippen LogP contribution in [0.2, 0.25) is 0 Å². The highest BCUT2D eigenvalue weighted by molar-refractivity contribution is 9.10. The van der Waals surface area contributed by atoms with E-state index in [1.807, 2.05) is 13.0 Å². The highest BCUT2D eigenvalue weighted by Gasteiger charge is 2.32. The monoisotopic (exact) mass is 342 g/mol. The first-order valence-corrected chi connectivity index (χ1v) is 6.97. The van der Waals surface area contributed by atoms with E-state index in [-0.39, 0.29) is 0 Å². The van der Waals surface area contributed by atoms with E-state index in [2.05, 4.69) is 26.6 Å². The topological polar surface area (TPSA) is 78.4 Å². The van der Waals surface area contributed by atoms with Crippen LogP contribution in [0.25, 0.3) is 0 Å². The van der Waals surface area contributed by atoms with Gasteiger partial charge in [-0.15, -0.1) is 0 Å². The van der Waals surface area contributed by atoms with E-state index in [4.69, 9.17) is 5.11 Å². The Morgan fingerprint density at radius 3 is 2.35 bits per heavy atom. The number of anilines is 1. The lowest BCUT2D eigenvalue weighted by Gasteiger charge is -2.27. The average molecular weight is 343 g/mol. The lowest BCUT2D eigenvalue weighted by molar-refractivity contribution is -0.141. The van der Waals surface area contributed by atoms with Gasteiger partial charge >= 0.3 is 12.0 Å². The van der Waals surface area contributed by atoms with Crippen molar-refractivity contribution >= 4 is 33.6 Å². The fraction of sp³-hybridized carbons (Fsp3) is 0.429. The molecule has 20 heavy (non-hydrogen) atoms. The molecule has 6 heteroatoms. The molecule has 110 valence electrons. The normalized spacial score (nSPS) is 12.7. The van der Waals surface area contributed by atoms with E-state index in [1.165, 1.54) is 0 Å². The summed E-state index contributed by atoms with van der Waals surface area (Å²) in [5.41, 5.74) is 1.02. The average Bonchev–Trinajstić information content (AvgIpc) is 2.29. The zero-order valence-corrected chi connectivity index (χ0v) is 13.5. The van der Waals surface area contributed by atoms with Crippen molar-refractivity contribution in [1.82, 2.24) is 5.32 Å². The Balaban J connectivity index is 2.76. The second-order valence-electron chi connectivity index (χ2n) is 5.70. The minimum Gasteiger partial charge on any atom is -0.480 e. The van der Waals surface area contributed by atoms with Crippen molar-refractivity contribution < 1.29 is 14.7 Å². The summed E-state index contributed by atoms with van der Waals surface area (Å²) in [5, 5.41) is 14.3. The Bertz CT molecular complexity index is 524. The molecular weight excluding hydrogens is 324 g/mol. The fourth-order valence-electron chi connectivity index (χ4n) is 1.67. The van der Waals surface area contributed by atoms with Gasteiger partial charge in [0.05, 0.1) is 0 Å². The third-order valence-electron chi connectivity index (χ3n) is 2.80. The molecule has 1 aromatic carbocycles. The zero-order valence-electron chi connectivity index (χ0n) is 12.0. The number of halogens is 1. The first-order valence-electron chi connectivity index (χ1n) is 6.17. The summed E-state index contributed by atoms with van der Waals surface area (Å²) in [6, 6.07) is 3.87. The largest absolute Gasteiger partial charge is 0.480 e. The molecule has 0 spiro atoms. The number of amides is 2. The molecule has 1 atom stereocenters. The molecule has 2 amide bonds. The van der Waals surface area contributed by atoms with Gasteiger partial charge in [-0.2, -0.15) is 0 Å². The Labute approximate surface area is 126 Å². The quantitative estimate of drug-likeness (QED) is 0.787. The number of urea groups is 1. The number of aliphatic carboxylic acids is 1. The molecule has 0 fully saturated rings. The van der Waals surface area contributed by atoms with Gasteiger partial charge in [0.25, 0.3) is 0 Å². The first-order chi connectivity index (χ1) is 9.11. The molecule has 0 radical (unpaired) electrons. The summed E-state index contributed by atoms with van der Waals surface area (Å²) in [6.45, 7) is 7.18. The Hall–Kier alpha value is -1.56. The van der Waals surface area contributed by atoms with Crippen molar-refractivity contribution in [1.29, 1.82) is 0 Å². The van der Waals surface area contributed by atoms with Gasteiger partial charge in [0.1, 0.15) is 6.04 Å². The van der Waals surface area contributed by atoms with Gasteiger partial charge in [0.15, 0.2) is 0 Å². The standard InChI is InChI=1S/C14H19BrN2O3/c1-8-7-9(5-6-10(8)15)16-13(20)17-11(12(18)19)14(2,3)4/h5-7,11H,1-4H3,(H,18,19)(H2,16,17,20)/t11-/m1/s1. The van der Waals surface area contributed by atoms with Crippen molar-refractivity contribution in [3.8, 4) is 0 Å². The van der Waals surface area contributed by atoms with Crippen LogP contribution in [0.5, 0.6) is 0 Å². The molecule has 0 unspecified atom stereocenters. The number of hydrogen-bond donors (Lipinski definition) is 3. The summed E-state index contributed by atoms with van der Waals surface area (Å²) >= 11 is 3.37. The van der Waals surface area contributed by atoms with Gasteiger partial charge in [-0.25, -0.2) is 9.59 Å². The molecular formula is C14H19BrN2O3. The van der Waals surface area contributed by atoms with Crippen LogP contribution in [0.15, 0.2) is 22.7 Å². The number of carbonyl (C=O) groups excluding carboxylic acids is 1. The summed E-state index contributed by atoms with van der Waals surface area (Å²) in [6.07, 6.45) is 0. The van der Waals surface area contributed by atoms with E-state index in [1.54, 1.807) is 32.9 Å². The van der Waals surface area contributed by atoms with Crippen LogP contribution in [0.3, 0.4) is 0 Å². The molecule has 0 saturated heterocycles. The van der Waals surface area contributed by atoms with Crippen LogP contribution in [-0.4, -0.2) is 23.1 Å². The van der Waals surface area contributed by atoms with Crippen molar-refractivity contribution in [3.05, 3.63) is 28.2 Å². The Kier molecular flexibility index (Phi) is 5.16. The maximum Gasteiger partial charge on any atom is 0.326 e. The Morgan fingerprint density at radius 1 is 1.30 bits per heavy atom. The fourth-order valence-corrected chi connectivity index (χ4v) is 1.92. The third kappa shape index (κ3) is 4.52. The number of benzene rings is 1. The number of carboxylic acid groups (broad SMARTS) is 1. The SMILES string of the molecule is Cc1cc(NC(=O)N[C@H](C(=O)O)C(C)(C)C)ccc1Br. The van der Waals surface area contributed by atoms with E-state index < -0.39 is 23.5 Å². The second-order valence-corrected chi connectivity index (χ2v) is 6.55. The third-order valence-corrected chi connectivity index (χ3v) is 3.69. The maximum absolute atomic E-state index is 11.9. The van der Waals surface area contributed by atoms with E-state index in [9.17, 15) is 9.59 Å². The maximum atomic E-state index is 11.9. The van der Waals surface area contributed by atoms with Crippen LogP contribution in [0, 0.1) is 12.3 Å². The van der Waals surface area contributed by atoms with E-state index in [0.29, 0.717) is 5.69 Å². The van der Waals surface area contributed by atoms with Gasteiger partial charge in [-0.1, -0.05) is 36.7 Å². The minimum atomic E-state index is -1.06. The zero-order chi connectivity index (χ0) is 15.5. The van der Waals surface area contributed by atoms with Gasteiger partial charge in [-0.3, -0.25) is 0 Å². The first kappa shape index (κ1) is 16.5. The van der Waals surface area contributed by atoms with Gasteiger partial charge < -0.3 is 15.7 Å². The van der Waals surface area contributed by atoms with Gasteiger partial charge in [-0.05, 0) is 36.1 Å². The van der Waals surface area contributed by atoms with E-state index >= 15 is 0 Å². The van der Waals surface area contributed by atoms with Gasteiger partial charge in [0, 0.05) is 10.2 Å². The minimum absolute atomic E-state index is 0.533.